The quantitative estimate of drug-likeness (QED) is 0.878. The molecule has 0 saturated heterocycles. The molecule has 0 radical (unpaired) electrons. The Kier molecular flexibility index (Phi) is 4.46. The van der Waals surface area contributed by atoms with Gasteiger partial charge in [0.2, 0.25) is 10.0 Å². The first-order valence-corrected chi connectivity index (χ1v) is 6.88. The summed E-state index contributed by atoms with van der Waals surface area (Å²) in [6.45, 7) is 3.20. The summed E-state index contributed by atoms with van der Waals surface area (Å²) in [6, 6.07) is 6.44. The molecule has 0 bridgehead atoms. The second-order valence-electron chi connectivity index (χ2n) is 4.23. The summed E-state index contributed by atoms with van der Waals surface area (Å²) >= 11 is 0. The van der Waals surface area contributed by atoms with Crippen LogP contribution in [0.2, 0.25) is 0 Å². The number of benzene rings is 1. The van der Waals surface area contributed by atoms with Crippen LogP contribution in [-0.2, 0) is 10.0 Å². The fourth-order valence-corrected chi connectivity index (χ4v) is 3.08. The normalized spacial score (nSPS) is 13.3. The van der Waals surface area contributed by atoms with E-state index in [0.29, 0.717) is 11.1 Å². The molecule has 0 heterocycles. The molecule has 0 spiro atoms. The van der Waals surface area contributed by atoms with Crippen LogP contribution in [-0.4, -0.2) is 37.5 Å². The van der Waals surface area contributed by atoms with Gasteiger partial charge >= 0.3 is 0 Å². The van der Waals surface area contributed by atoms with E-state index in [0.717, 1.165) is 4.31 Å². The first kappa shape index (κ1) is 14.6. The zero-order chi connectivity index (χ0) is 13.9. The van der Waals surface area contributed by atoms with Crippen molar-refractivity contribution in [3.05, 3.63) is 29.3 Å². The molecular formula is C12H16N2O3S. The van der Waals surface area contributed by atoms with Crippen LogP contribution in [0, 0.1) is 18.3 Å². The van der Waals surface area contributed by atoms with Crippen LogP contribution in [0.4, 0.5) is 0 Å². The minimum Gasteiger partial charge on any atom is -0.392 e. The summed E-state index contributed by atoms with van der Waals surface area (Å²) in [4.78, 5) is 0.102. The van der Waals surface area contributed by atoms with Gasteiger partial charge in [-0.25, -0.2) is 8.42 Å². The Morgan fingerprint density at radius 3 is 2.61 bits per heavy atom. The molecular weight excluding hydrogens is 252 g/mol. The van der Waals surface area contributed by atoms with Gasteiger partial charge in [-0.3, -0.25) is 0 Å². The van der Waals surface area contributed by atoms with E-state index in [2.05, 4.69) is 0 Å². The number of hydrogen-bond acceptors (Lipinski definition) is 4. The Morgan fingerprint density at radius 2 is 2.11 bits per heavy atom. The number of aliphatic hydroxyl groups excluding tert-OH is 1. The average molecular weight is 268 g/mol. The molecule has 18 heavy (non-hydrogen) atoms. The van der Waals surface area contributed by atoms with E-state index in [-0.39, 0.29) is 11.4 Å². The summed E-state index contributed by atoms with van der Waals surface area (Å²) in [5.74, 6) is 0. The van der Waals surface area contributed by atoms with Crippen LogP contribution in [0.3, 0.4) is 0 Å². The van der Waals surface area contributed by atoms with Gasteiger partial charge in [0, 0.05) is 13.6 Å². The van der Waals surface area contributed by atoms with Crippen molar-refractivity contribution >= 4 is 10.0 Å². The molecule has 0 aromatic heterocycles. The molecule has 0 fully saturated rings. The molecule has 0 saturated carbocycles. The van der Waals surface area contributed by atoms with Crippen molar-refractivity contribution in [1.82, 2.24) is 4.31 Å². The molecule has 1 atom stereocenters. The van der Waals surface area contributed by atoms with Gasteiger partial charge in [0.1, 0.15) is 0 Å². The number of nitrogens with zero attached hydrogens (tertiary/aromatic N) is 2. The fourth-order valence-electron chi connectivity index (χ4n) is 1.59. The molecule has 5 nitrogen and oxygen atoms in total. The van der Waals surface area contributed by atoms with Crippen molar-refractivity contribution in [3.8, 4) is 6.07 Å². The van der Waals surface area contributed by atoms with Gasteiger partial charge in [0.25, 0.3) is 0 Å². The lowest BCUT2D eigenvalue weighted by atomic mass is 10.2. The number of hydrogen-bond donors (Lipinski definition) is 1. The van der Waals surface area contributed by atoms with Crippen molar-refractivity contribution in [1.29, 1.82) is 5.26 Å². The summed E-state index contributed by atoms with van der Waals surface area (Å²) < 4.78 is 25.6. The maximum absolute atomic E-state index is 12.3. The highest BCUT2D eigenvalue weighted by Crippen LogP contribution is 2.20. The van der Waals surface area contributed by atoms with Gasteiger partial charge in [-0.1, -0.05) is 6.07 Å². The van der Waals surface area contributed by atoms with Crippen molar-refractivity contribution in [3.63, 3.8) is 0 Å². The SMILES string of the molecule is Cc1ccc(C#N)cc1S(=O)(=O)N(C)CC(C)O. The molecule has 1 N–H and O–H groups in total. The monoisotopic (exact) mass is 268 g/mol. The van der Waals surface area contributed by atoms with E-state index in [1.165, 1.54) is 20.0 Å². The van der Waals surface area contributed by atoms with Crippen molar-refractivity contribution in [2.24, 2.45) is 0 Å². The molecule has 1 unspecified atom stereocenters. The van der Waals surface area contributed by atoms with Crippen molar-refractivity contribution in [2.75, 3.05) is 13.6 Å². The highest BCUT2D eigenvalue weighted by Gasteiger charge is 2.24. The summed E-state index contributed by atoms with van der Waals surface area (Å²) in [6.07, 6.45) is -0.746. The van der Waals surface area contributed by atoms with E-state index in [4.69, 9.17) is 5.26 Å². The Morgan fingerprint density at radius 1 is 1.50 bits per heavy atom. The van der Waals surface area contributed by atoms with Crippen LogP contribution < -0.4 is 0 Å². The molecule has 1 rings (SSSR count). The third-order valence-corrected chi connectivity index (χ3v) is 4.49. The highest BCUT2D eigenvalue weighted by atomic mass is 32.2. The van der Waals surface area contributed by atoms with Gasteiger partial charge in [-0.05, 0) is 31.5 Å². The lowest BCUT2D eigenvalue weighted by Gasteiger charge is -2.19. The molecule has 0 aliphatic carbocycles. The van der Waals surface area contributed by atoms with E-state index in [1.807, 2.05) is 6.07 Å². The molecule has 0 aliphatic heterocycles. The third-order valence-electron chi connectivity index (χ3n) is 2.53. The molecule has 6 heteroatoms. The highest BCUT2D eigenvalue weighted by molar-refractivity contribution is 7.89. The maximum atomic E-state index is 12.3. The first-order valence-electron chi connectivity index (χ1n) is 5.44. The largest absolute Gasteiger partial charge is 0.392 e. The predicted octanol–water partition coefficient (Wildman–Crippen LogP) is 0.868. The number of nitriles is 1. The van der Waals surface area contributed by atoms with Crippen molar-refractivity contribution in [2.45, 2.75) is 24.8 Å². The zero-order valence-corrected chi connectivity index (χ0v) is 11.4. The Labute approximate surface area is 107 Å². The molecule has 1 aromatic carbocycles. The molecule has 0 aliphatic rings. The van der Waals surface area contributed by atoms with Crippen LogP contribution in [0.15, 0.2) is 23.1 Å². The lowest BCUT2D eigenvalue weighted by molar-refractivity contribution is 0.171. The Balaban J connectivity index is 3.24. The minimum absolute atomic E-state index is 0.0125. The average Bonchev–Trinajstić information content (AvgIpc) is 2.28. The van der Waals surface area contributed by atoms with E-state index >= 15 is 0 Å². The molecule has 0 amide bonds. The summed E-state index contributed by atoms with van der Waals surface area (Å²) in [5, 5.41) is 18.0. The van der Waals surface area contributed by atoms with Gasteiger partial charge < -0.3 is 5.11 Å². The molecule has 98 valence electrons. The second-order valence-corrected chi connectivity index (χ2v) is 6.24. The van der Waals surface area contributed by atoms with Crippen LogP contribution in [0.1, 0.15) is 18.1 Å². The zero-order valence-electron chi connectivity index (χ0n) is 10.6. The third kappa shape index (κ3) is 3.07. The van der Waals surface area contributed by atoms with Gasteiger partial charge in [-0.2, -0.15) is 9.57 Å². The number of likely N-dealkylation sites (N-methyl/N-ethyl adjacent to an activating group) is 1. The van der Waals surface area contributed by atoms with Crippen LogP contribution >= 0.6 is 0 Å². The van der Waals surface area contributed by atoms with Gasteiger partial charge in [0.15, 0.2) is 0 Å². The number of aryl methyl sites for hydroxylation is 1. The van der Waals surface area contributed by atoms with E-state index in [9.17, 15) is 13.5 Å². The fraction of sp³-hybridized carbons (Fsp3) is 0.417. The Hall–Kier alpha value is -1.42. The van der Waals surface area contributed by atoms with Gasteiger partial charge in [0.05, 0.1) is 22.6 Å². The minimum atomic E-state index is -3.68. The maximum Gasteiger partial charge on any atom is 0.243 e. The second kappa shape index (κ2) is 5.48. The van der Waals surface area contributed by atoms with Crippen LogP contribution in [0.25, 0.3) is 0 Å². The topological polar surface area (TPSA) is 81.4 Å². The number of sulfonamides is 1. The van der Waals surface area contributed by atoms with E-state index in [1.54, 1.807) is 19.1 Å². The smallest absolute Gasteiger partial charge is 0.243 e. The number of rotatable bonds is 4. The van der Waals surface area contributed by atoms with E-state index < -0.39 is 16.1 Å². The Bertz CT molecular complexity index is 573. The first-order chi connectivity index (χ1) is 8.28. The summed E-state index contributed by atoms with van der Waals surface area (Å²) in [7, 11) is -2.27. The summed E-state index contributed by atoms with van der Waals surface area (Å²) in [5.41, 5.74) is 0.871. The molecule has 1 aromatic rings. The predicted molar refractivity (Wildman–Crippen MR) is 67.4 cm³/mol. The standard InChI is InChI=1S/C12H16N2O3S/c1-9-4-5-11(7-13)6-12(9)18(16,17)14(3)8-10(2)15/h4-6,10,15H,8H2,1-3H3. The van der Waals surface area contributed by atoms with Crippen LogP contribution in [0.5, 0.6) is 0 Å². The van der Waals surface area contributed by atoms with Crippen molar-refractivity contribution < 1.29 is 13.5 Å². The number of aliphatic hydroxyl groups is 1. The lowest BCUT2D eigenvalue weighted by Crippen LogP contribution is -2.33. The van der Waals surface area contributed by atoms with Gasteiger partial charge in [-0.15, -0.1) is 0 Å².